The molecule has 1 aromatic heterocycles. The molecule has 7 heteroatoms. The van der Waals surface area contributed by atoms with Crippen molar-refractivity contribution in [1.82, 2.24) is 14.9 Å². The van der Waals surface area contributed by atoms with Crippen LogP contribution < -0.4 is 19.5 Å². The normalized spacial score (nSPS) is 10.2. The second-order valence-corrected chi connectivity index (χ2v) is 4.79. The molecule has 0 bridgehead atoms. The third-order valence-corrected chi connectivity index (χ3v) is 3.39. The van der Waals surface area contributed by atoms with Gasteiger partial charge in [-0.1, -0.05) is 0 Å². The highest BCUT2D eigenvalue weighted by atomic mass is 16.5. The molecule has 0 aliphatic carbocycles. The van der Waals surface area contributed by atoms with Gasteiger partial charge in [0.05, 0.1) is 33.2 Å². The summed E-state index contributed by atoms with van der Waals surface area (Å²) in [6.45, 7) is 1.35. The predicted octanol–water partition coefficient (Wildman–Crippen LogP) is 1.73. The minimum Gasteiger partial charge on any atom is -0.493 e. The van der Waals surface area contributed by atoms with Crippen molar-refractivity contribution in [2.24, 2.45) is 0 Å². The molecule has 0 saturated carbocycles. The van der Waals surface area contributed by atoms with Gasteiger partial charge >= 0.3 is 0 Å². The number of carbonyl (C=O) groups is 1. The van der Waals surface area contributed by atoms with Gasteiger partial charge < -0.3 is 24.1 Å². The second kappa shape index (κ2) is 8.07. The largest absolute Gasteiger partial charge is 0.493 e. The molecule has 1 N–H and O–H groups in total. The number of rotatable bonds is 8. The first-order chi connectivity index (χ1) is 11.2. The molecule has 1 amide bonds. The highest BCUT2D eigenvalue weighted by Gasteiger charge is 2.20. The predicted molar refractivity (Wildman–Crippen MR) is 85.3 cm³/mol. The average Bonchev–Trinajstić information content (AvgIpc) is 3.10. The van der Waals surface area contributed by atoms with Crippen LogP contribution in [0.1, 0.15) is 16.8 Å². The number of imidazole rings is 1. The average molecular weight is 319 g/mol. The molecule has 1 heterocycles. The molecule has 0 fully saturated rings. The van der Waals surface area contributed by atoms with Crippen molar-refractivity contribution in [3.05, 3.63) is 36.4 Å². The molecule has 0 unspecified atom stereocenters. The number of amides is 1. The summed E-state index contributed by atoms with van der Waals surface area (Å²) in [4.78, 5) is 16.3. The molecule has 2 rings (SSSR count). The first-order valence-corrected chi connectivity index (χ1v) is 7.24. The van der Waals surface area contributed by atoms with Gasteiger partial charge in [-0.15, -0.1) is 0 Å². The maximum absolute atomic E-state index is 12.3. The Morgan fingerprint density at radius 1 is 1.17 bits per heavy atom. The van der Waals surface area contributed by atoms with Crippen LogP contribution in [-0.2, 0) is 6.54 Å². The molecule has 7 nitrogen and oxygen atoms in total. The van der Waals surface area contributed by atoms with Crippen molar-refractivity contribution < 1.29 is 19.0 Å². The highest BCUT2D eigenvalue weighted by Crippen LogP contribution is 2.39. The van der Waals surface area contributed by atoms with Gasteiger partial charge in [0.25, 0.3) is 5.91 Å². The van der Waals surface area contributed by atoms with Gasteiger partial charge in [0.2, 0.25) is 5.75 Å². The summed E-state index contributed by atoms with van der Waals surface area (Å²) < 4.78 is 17.8. The number of methoxy groups -OCH3 is 3. The van der Waals surface area contributed by atoms with Crippen molar-refractivity contribution in [3.63, 3.8) is 0 Å². The maximum Gasteiger partial charge on any atom is 0.255 e. The van der Waals surface area contributed by atoms with E-state index in [0.29, 0.717) is 29.4 Å². The fourth-order valence-electron chi connectivity index (χ4n) is 2.26. The van der Waals surface area contributed by atoms with Gasteiger partial charge in [0.1, 0.15) is 0 Å². The summed E-state index contributed by atoms with van der Waals surface area (Å²) in [5.74, 6) is 1.06. The monoisotopic (exact) mass is 319 g/mol. The summed E-state index contributed by atoms with van der Waals surface area (Å²) >= 11 is 0. The Kier molecular flexibility index (Phi) is 5.85. The fraction of sp³-hybridized carbons (Fsp3) is 0.375. The number of hydrogen-bond donors (Lipinski definition) is 1. The van der Waals surface area contributed by atoms with Crippen LogP contribution in [0.5, 0.6) is 17.2 Å². The summed E-state index contributed by atoms with van der Waals surface area (Å²) in [5.41, 5.74) is 0.410. The molecule has 0 aliphatic heterocycles. The van der Waals surface area contributed by atoms with E-state index in [1.165, 1.54) is 21.3 Å². The number of nitrogens with zero attached hydrogens (tertiary/aromatic N) is 2. The smallest absolute Gasteiger partial charge is 0.255 e. The lowest BCUT2D eigenvalue weighted by molar-refractivity contribution is 0.0949. The Bertz CT molecular complexity index is 641. The molecule has 0 aliphatic rings. The van der Waals surface area contributed by atoms with Crippen molar-refractivity contribution in [3.8, 4) is 17.2 Å². The zero-order chi connectivity index (χ0) is 16.7. The first-order valence-electron chi connectivity index (χ1n) is 7.24. The van der Waals surface area contributed by atoms with Gasteiger partial charge in [-0.2, -0.15) is 0 Å². The molecular weight excluding hydrogens is 298 g/mol. The number of aromatic nitrogens is 2. The van der Waals surface area contributed by atoms with Crippen molar-refractivity contribution in [1.29, 1.82) is 0 Å². The van der Waals surface area contributed by atoms with Crippen LogP contribution in [0.25, 0.3) is 0 Å². The minimum atomic E-state index is -0.214. The van der Waals surface area contributed by atoms with Crippen LogP contribution in [0.2, 0.25) is 0 Å². The van der Waals surface area contributed by atoms with Crippen molar-refractivity contribution >= 4 is 5.91 Å². The lowest BCUT2D eigenvalue weighted by atomic mass is 10.1. The van der Waals surface area contributed by atoms with E-state index < -0.39 is 0 Å². The molecule has 2 aromatic rings. The van der Waals surface area contributed by atoms with Crippen LogP contribution in [0.4, 0.5) is 0 Å². The number of benzene rings is 1. The molecule has 23 heavy (non-hydrogen) atoms. The van der Waals surface area contributed by atoms with Crippen LogP contribution >= 0.6 is 0 Å². The topological polar surface area (TPSA) is 74.6 Å². The van der Waals surface area contributed by atoms with Crippen LogP contribution in [0, 0.1) is 0 Å². The standard InChI is InChI=1S/C16H21N3O4/c1-21-13-6-5-12(14(22-2)15(13)23-3)16(20)18-7-4-9-19-10-8-17-11-19/h5-6,8,10-11H,4,7,9H2,1-3H3,(H,18,20). The highest BCUT2D eigenvalue weighted by molar-refractivity contribution is 5.98. The molecule has 1 aromatic carbocycles. The van der Waals surface area contributed by atoms with Gasteiger partial charge in [-0.3, -0.25) is 4.79 Å². The van der Waals surface area contributed by atoms with Gasteiger partial charge in [0, 0.05) is 25.5 Å². The molecule has 0 spiro atoms. The van der Waals surface area contributed by atoms with Crippen LogP contribution in [0.3, 0.4) is 0 Å². The van der Waals surface area contributed by atoms with E-state index in [9.17, 15) is 4.79 Å². The fourth-order valence-corrected chi connectivity index (χ4v) is 2.26. The van der Waals surface area contributed by atoms with E-state index in [0.717, 1.165) is 13.0 Å². The Morgan fingerprint density at radius 3 is 2.57 bits per heavy atom. The summed E-state index contributed by atoms with van der Waals surface area (Å²) in [6, 6.07) is 3.34. The molecular formula is C16H21N3O4. The van der Waals surface area contributed by atoms with E-state index in [1.54, 1.807) is 24.7 Å². The zero-order valence-corrected chi connectivity index (χ0v) is 13.5. The summed E-state index contributed by atoms with van der Waals surface area (Å²) in [5, 5.41) is 2.88. The molecule has 0 radical (unpaired) electrons. The lowest BCUT2D eigenvalue weighted by Crippen LogP contribution is -2.25. The molecule has 124 valence electrons. The minimum absolute atomic E-state index is 0.214. The van der Waals surface area contributed by atoms with E-state index in [4.69, 9.17) is 14.2 Å². The number of nitrogens with one attached hydrogen (secondary N) is 1. The van der Waals surface area contributed by atoms with Crippen LogP contribution in [-0.4, -0.2) is 43.3 Å². The number of aryl methyl sites for hydroxylation is 1. The molecule has 0 atom stereocenters. The molecule has 0 saturated heterocycles. The Hall–Kier alpha value is -2.70. The second-order valence-electron chi connectivity index (χ2n) is 4.79. The third kappa shape index (κ3) is 3.94. The number of hydrogen-bond acceptors (Lipinski definition) is 5. The van der Waals surface area contributed by atoms with Gasteiger partial charge in [-0.05, 0) is 18.6 Å². The summed E-state index contributed by atoms with van der Waals surface area (Å²) in [6.07, 6.45) is 6.17. The van der Waals surface area contributed by atoms with E-state index in [-0.39, 0.29) is 5.91 Å². The Balaban J connectivity index is 2.01. The lowest BCUT2D eigenvalue weighted by Gasteiger charge is -2.15. The Morgan fingerprint density at radius 2 is 1.96 bits per heavy atom. The van der Waals surface area contributed by atoms with Crippen LogP contribution in [0.15, 0.2) is 30.9 Å². The zero-order valence-electron chi connectivity index (χ0n) is 13.5. The summed E-state index contributed by atoms with van der Waals surface area (Å²) in [7, 11) is 4.54. The SMILES string of the molecule is COc1ccc(C(=O)NCCCn2ccnc2)c(OC)c1OC. The third-order valence-electron chi connectivity index (χ3n) is 3.39. The quantitative estimate of drug-likeness (QED) is 0.750. The van der Waals surface area contributed by atoms with E-state index in [2.05, 4.69) is 10.3 Å². The van der Waals surface area contributed by atoms with Crippen molar-refractivity contribution in [2.45, 2.75) is 13.0 Å². The maximum atomic E-state index is 12.3. The van der Waals surface area contributed by atoms with E-state index in [1.807, 2.05) is 10.8 Å². The number of ether oxygens (including phenoxy) is 3. The first kappa shape index (κ1) is 16.7. The van der Waals surface area contributed by atoms with Gasteiger partial charge in [0.15, 0.2) is 11.5 Å². The van der Waals surface area contributed by atoms with E-state index >= 15 is 0 Å². The Labute approximate surface area is 135 Å². The van der Waals surface area contributed by atoms with Gasteiger partial charge in [-0.25, -0.2) is 4.98 Å². The van der Waals surface area contributed by atoms with Crippen molar-refractivity contribution in [2.75, 3.05) is 27.9 Å². The number of carbonyl (C=O) groups excluding carboxylic acids is 1.